The highest BCUT2D eigenvalue weighted by molar-refractivity contribution is 7.54. The molecule has 0 bridgehead atoms. The lowest BCUT2D eigenvalue weighted by Gasteiger charge is -2.15. The van der Waals surface area contributed by atoms with E-state index in [1.807, 2.05) is 0 Å². The van der Waals surface area contributed by atoms with Gasteiger partial charge in [-0.3, -0.25) is 19.5 Å². The first kappa shape index (κ1) is 21.5. The monoisotopic (exact) mass is 409 g/mol. The summed E-state index contributed by atoms with van der Waals surface area (Å²) < 4.78 is 27.9. The maximum Gasteiger partial charge on any atom is 0.340 e. The van der Waals surface area contributed by atoms with Crippen LogP contribution in [0.15, 0.2) is 45.9 Å². The number of rotatable bonds is 10. The molecule has 0 radical (unpaired) electrons. The fourth-order valence-corrected chi connectivity index (χ4v) is 3.78. The van der Waals surface area contributed by atoms with Crippen molar-refractivity contribution < 1.29 is 27.7 Å². The topological polar surface area (TPSA) is 133 Å². The van der Waals surface area contributed by atoms with Gasteiger partial charge < -0.3 is 13.5 Å². The molecular weight excluding hydrogens is 389 g/mol. The van der Waals surface area contributed by atoms with E-state index in [1.165, 1.54) is 12.3 Å². The van der Waals surface area contributed by atoms with Gasteiger partial charge in [0.05, 0.1) is 29.9 Å². The maximum atomic E-state index is 12.3. The van der Waals surface area contributed by atoms with Crippen molar-refractivity contribution in [1.82, 2.24) is 5.43 Å². The highest BCUT2D eigenvalue weighted by Crippen LogP contribution is 2.47. The van der Waals surface area contributed by atoms with E-state index in [-0.39, 0.29) is 30.4 Å². The van der Waals surface area contributed by atoms with Crippen molar-refractivity contribution in [2.45, 2.75) is 13.8 Å². The van der Waals surface area contributed by atoms with Crippen molar-refractivity contribution in [2.75, 3.05) is 19.4 Å². The van der Waals surface area contributed by atoms with Crippen LogP contribution >= 0.6 is 7.60 Å². The molecule has 0 saturated carbocycles. The van der Waals surface area contributed by atoms with Gasteiger partial charge in [-0.15, -0.1) is 0 Å². The number of para-hydroxylation sites is 1. The van der Waals surface area contributed by atoms with Crippen molar-refractivity contribution in [3.05, 3.63) is 52.3 Å². The number of carbonyl (C=O) groups excluding carboxylic acids is 1. The second kappa shape index (κ2) is 9.93. The number of nitro benzene ring substituents is 1. The van der Waals surface area contributed by atoms with Crippen molar-refractivity contribution in [3.63, 3.8) is 0 Å². The van der Waals surface area contributed by atoms with E-state index in [9.17, 15) is 19.5 Å². The number of furan rings is 1. The Bertz CT molecular complexity index is 900. The van der Waals surface area contributed by atoms with Gasteiger partial charge in [0.15, 0.2) is 0 Å². The van der Waals surface area contributed by atoms with E-state index in [1.54, 1.807) is 44.2 Å². The molecule has 1 N–H and O–H groups in total. The number of hydrogen-bond donors (Lipinski definition) is 1. The van der Waals surface area contributed by atoms with Gasteiger partial charge >= 0.3 is 7.60 Å². The summed E-state index contributed by atoms with van der Waals surface area (Å²) in [4.78, 5) is 22.5. The zero-order valence-electron chi connectivity index (χ0n) is 15.4. The molecule has 2 rings (SSSR count). The molecule has 0 unspecified atom stereocenters. The summed E-state index contributed by atoms with van der Waals surface area (Å²) >= 11 is 0. The van der Waals surface area contributed by atoms with E-state index in [4.69, 9.17) is 13.5 Å². The summed E-state index contributed by atoms with van der Waals surface area (Å²) in [5, 5.41) is 14.8. The molecule has 10 nitrogen and oxygen atoms in total. The molecular formula is C17H20N3O7P. The molecule has 0 atom stereocenters. The third-order valence-electron chi connectivity index (χ3n) is 3.36. The Morgan fingerprint density at radius 2 is 1.93 bits per heavy atom. The number of nitrogens with zero attached hydrogens (tertiary/aromatic N) is 2. The van der Waals surface area contributed by atoms with E-state index in [0.29, 0.717) is 5.56 Å². The average Bonchev–Trinajstić information content (AvgIpc) is 3.10. The fourth-order valence-electron chi connectivity index (χ4n) is 2.31. The molecule has 0 saturated heterocycles. The largest absolute Gasteiger partial charge is 0.455 e. The van der Waals surface area contributed by atoms with E-state index in [0.717, 1.165) is 0 Å². The summed E-state index contributed by atoms with van der Waals surface area (Å²) in [5.41, 5.74) is 2.45. The second-order valence-corrected chi connectivity index (χ2v) is 7.43. The molecule has 0 spiro atoms. The minimum Gasteiger partial charge on any atom is -0.455 e. The van der Waals surface area contributed by atoms with E-state index in [2.05, 4.69) is 10.5 Å². The maximum absolute atomic E-state index is 12.3. The number of hydrazone groups is 1. The lowest BCUT2D eigenvalue weighted by atomic mass is 10.1. The Labute approximate surface area is 161 Å². The Kier molecular flexibility index (Phi) is 7.62. The molecule has 2 aromatic rings. The first-order valence-electron chi connectivity index (χ1n) is 8.42. The summed E-state index contributed by atoms with van der Waals surface area (Å²) in [7, 11) is -3.51. The molecule has 0 fully saturated rings. The normalized spacial score (nSPS) is 11.6. The first-order valence-corrected chi connectivity index (χ1v) is 10.1. The molecule has 0 aliphatic heterocycles. The van der Waals surface area contributed by atoms with Gasteiger partial charge in [0.1, 0.15) is 17.7 Å². The van der Waals surface area contributed by atoms with Crippen molar-refractivity contribution in [2.24, 2.45) is 5.10 Å². The standard InChI is InChI=1S/C17H20N3O7P/c1-3-25-28(24,26-4-2)12-17(21)19-18-11-13-9-10-16(27-13)14-7-5-6-8-15(14)20(22)23/h5-11H,3-4,12H2,1-2H3,(H,19,21)/b18-11+. The van der Waals surface area contributed by atoms with Crippen LogP contribution in [-0.4, -0.2) is 36.4 Å². The average molecular weight is 409 g/mol. The van der Waals surface area contributed by atoms with Gasteiger partial charge in [-0.05, 0) is 32.0 Å². The summed E-state index contributed by atoms with van der Waals surface area (Å²) in [6.45, 7) is 3.59. The number of hydrogen-bond acceptors (Lipinski definition) is 8. The Balaban J connectivity index is 2.02. The van der Waals surface area contributed by atoms with Crippen LogP contribution in [0.1, 0.15) is 19.6 Å². The molecule has 1 heterocycles. The van der Waals surface area contributed by atoms with Crippen LogP contribution in [0.3, 0.4) is 0 Å². The van der Waals surface area contributed by atoms with Crippen LogP contribution in [0, 0.1) is 10.1 Å². The molecule has 1 amide bonds. The van der Waals surface area contributed by atoms with Gasteiger partial charge in [0, 0.05) is 6.07 Å². The lowest BCUT2D eigenvalue weighted by Crippen LogP contribution is -2.22. The Morgan fingerprint density at radius 3 is 2.57 bits per heavy atom. The molecule has 0 aliphatic carbocycles. The SMILES string of the molecule is CCOP(=O)(CC(=O)N/N=C/c1ccc(-c2ccccc2[N+](=O)[O-])o1)OCC. The molecule has 150 valence electrons. The molecule has 1 aromatic heterocycles. The van der Waals surface area contributed by atoms with Crippen molar-refractivity contribution >= 4 is 25.4 Å². The third kappa shape index (κ3) is 5.85. The van der Waals surface area contributed by atoms with Crippen LogP contribution in [0.25, 0.3) is 11.3 Å². The number of nitro groups is 1. The van der Waals surface area contributed by atoms with Gasteiger partial charge in [0.2, 0.25) is 0 Å². The predicted octanol–water partition coefficient (Wildman–Crippen LogP) is 3.57. The van der Waals surface area contributed by atoms with Crippen LogP contribution in [-0.2, 0) is 18.4 Å². The molecule has 28 heavy (non-hydrogen) atoms. The molecule has 0 aliphatic rings. The zero-order chi connectivity index (χ0) is 20.6. The van der Waals surface area contributed by atoms with E-state index < -0.39 is 24.6 Å². The van der Waals surface area contributed by atoms with Crippen LogP contribution in [0.4, 0.5) is 5.69 Å². The van der Waals surface area contributed by atoms with Crippen molar-refractivity contribution in [3.8, 4) is 11.3 Å². The third-order valence-corrected chi connectivity index (χ3v) is 5.34. The Hall–Kier alpha value is -2.81. The van der Waals surface area contributed by atoms with Gasteiger partial charge in [-0.2, -0.15) is 5.10 Å². The van der Waals surface area contributed by atoms with E-state index >= 15 is 0 Å². The number of carbonyl (C=O) groups is 1. The highest BCUT2D eigenvalue weighted by Gasteiger charge is 2.27. The highest BCUT2D eigenvalue weighted by atomic mass is 31.2. The summed E-state index contributed by atoms with van der Waals surface area (Å²) in [6, 6.07) is 9.27. The number of nitrogens with one attached hydrogen (secondary N) is 1. The van der Waals surface area contributed by atoms with Crippen LogP contribution in [0.5, 0.6) is 0 Å². The fraction of sp³-hybridized carbons (Fsp3) is 0.294. The summed E-state index contributed by atoms with van der Waals surface area (Å²) in [6.07, 6.45) is 0.758. The second-order valence-electron chi connectivity index (χ2n) is 5.37. The van der Waals surface area contributed by atoms with Gasteiger partial charge in [-0.25, -0.2) is 5.43 Å². The smallest absolute Gasteiger partial charge is 0.340 e. The number of amides is 1. The first-order chi connectivity index (χ1) is 13.4. The molecule has 11 heteroatoms. The minimum absolute atomic E-state index is 0.0868. The van der Waals surface area contributed by atoms with Crippen molar-refractivity contribution in [1.29, 1.82) is 0 Å². The zero-order valence-corrected chi connectivity index (χ0v) is 16.3. The molecule has 1 aromatic carbocycles. The van der Waals surface area contributed by atoms with Crippen LogP contribution < -0.4 is 5.43 Å². The quantitative estimate of drug-likeness (QED) is 0.274. The van der Waals surface area contributed by atoms with Gasteiger partial charge in [-0.1, -0.05) is 12.1 Å². The minimum atomic E-state index is -3.51. The number of benzene rings is 1. The summed E-state index contributed by atoms with van der Waals surface area (Å²) in [5.74, 6) is -0.0875. The van der Waals surface area contributed by atoms with Gasteiger partial charge in [0.25, 0.3) is 11.6 Å². The van der Waals surface area contributed by atoms with Crippen LogP contribution in [0.2, 0.25) is 0 Å². The predicted molar refractivity (Wildman–Crippen MR) is 102 cm³/mol. The lowest BCUT2D eigenvalue weighted by molar-refractivity contribution is -0.384. The Morgan fingerprint density at radius 1 is 1.25 bits per heavy atom.